The van der Waals surface area contributed by atoms with Crippen molar-refractivity contribution in [2.45, 2.75) is 13.3 Å². The summed E-state index contributed by atoms with van der Waals surface area (Å²) in [5.41, 5.74) is 5.26. The van der Waals surface area contributed by atoms with Crippen molar-refractivity contribution < 1.29 is 19.1 Å². The van der Waals surface area contributed by atoms with Crippen molar-refractivity contribution in [3.8, 4) is 0 Å². The van der Waals surface area contributed by atoms with E-state index in [9.17, 15) is 9.59 Å². The summed E-state index contributed by atoms with van der Waals surface area (Å²) in [5.74, 6) is -0.595. The lowest BCUT2D eigenvalue weighted by Gasteiger charge is -2.05. The van der Waals surface area contributed by atoms with Gasteiger partial charge in [0, 0.05) is 6.42 Å². The SMILES string of the molecule is COC(=O)OC(=O)C[C@H](C)CN. The molecule has 0 bridgehead atoms. The first kappa shape index (κ1) is 10.9. The zero-order valence-electron chi connectivity index (χ0n) is 7.20. The number of carbonyl (C=O) groups is 2. The van der Waals surface area contributed by atoms with Crippen molar-refractivity contribution in [2.24, 2.45) is 11.7 Å². The Bertz CT molecular complexity index is 169. The van der Waals surface area contributed by atoms with E-state index in [0.717, 1.165) is 7.11 Å². The molecule has 0 fully saturated rings. The lowest BCUT2D eigenvalue weighted by atomic mass is 10.1. The van der Waals surface area contributed by atoms with Crippen LogP contribution >= 0.6 is 0 Å². The molecular formula is C7H13NO4. The fourth-order valence-electron chi connectivity index (χ4n) is 0.544. The maximum Gasteiger partial charge on any atom is 0.515 e. The second-order valence-corrected chi connectivity index (χ2v) is 2.47. The van der Waals surface area contributed by atoms with Crippen molar-refractivity contribution in [1.29, 1.82) is 0 Å². The summed E-state index contributed by atoms with van der Waals surface area (Å²) < 4.78 is 8.34. The van der Waals surface area contributed by atoms with Gasteiger partial charge in [0.05, 0.1) is 7.11 Å². The molecule has 0 unspecified atom stereocenters. The monoisotopic (exact) mass is 175 g/mol. The highest BCUT2D eigenvalue weighted by Gasteiger charge is 2.13. The van der Waals surface area contributed by atoms with Crippen LogP contribution in [0.25, 0.3) is 0 Å². The molecule has 0 aromatic rings. The van der Waals surface area contributed by atoms with E-state index in [1.54, 1.807) is 6.92 Å². The van der Waals surface area contributed by atoms with Gasteiger partial charge in [-0.2, -0.15) is 0 Å². The van der Waals surface area contributed by atoms with Gasteiger partial charge >= 0.3 is 12.1 Å². The molecule has 2 N–H and O–H groups in total. The van der Waals surface area contributed by atoms with E-state index in [2.05, 4.69) is 9.47 Å². The maximum atomic E-state index is 10.8. The third-order valence-corrected chi connectivity index (χ3v) is 1.28. The van der Waals surface area contributed by atoms with Crippen LogP contribution in [-0.2, 0) is 14.3 Å². The molecule has 0 saturated heterocycles. The Balaban J connectivity index is 3.66. The van der Waals surface area contributed by atoms with Crippen LogP contribution in [0.15, 0.2) is 0 Å². The number of esters is 1. The van der Waals surface area contributed by atoms with Crippen LogP contribution in [-0.4, -0.2) is 25.8 Å². The lowest BCUT2D eigenvalue weighted by molar-refractivity contribution is -0.140. The Labute approximate surface area is 70.8 Å². The molecule has 70 valence electrons. The number of methoxy groups -OCH3 is 1. The molecule has 0 radical (unpaired) electrons. The molecule has 0 aliphatic carbocycles. The summed E-state index contributed by atoms with van der Waals surface area (Å²) in [7, 11) is 1.14. The molecule has 0 aliphatic rings. The summed E-state index contributed by atoms with van der Waals surface area (Å²) in [5, 5.41) is 0. The number of carbonyl (C=O) groups excluding carboxylic acids is 2. The van der Waals surface area contributed by atoms with Crippen molar-refractivity contribution in [2.75, 3.05) is 13.7 Å². The van der Waals surface area contributed by atoms with E-state index < -0.39 is 12.1 Å². The zero-order valence-corrected chi connectivity index (χ0v) is 7.20. The Kier molecular flexibility index (Phi) is 5.03. The van der Waals surface area contributed by atoms with Crippen LogP contribution in [0, 0.1) is 5.92 Å². The summed E-state index contributed by atoms with van der Waals surface area (Å²) in [6.45, 7) is 2.18. The molecule has 0 rings (SSSR count). The van der Waals surface area contributed by atoms with E-state index in [1.807, 2.05) is 0 Å². The van der Waals surface area contributed by atoms with Crippen LogP contribution in [0.5, 0.6) is 0 Å². The van der Waals surface area contributed by atoms with Crippen LogP contribution in [0.4, 0.5) is 4.79 Å². The molecular weight excluding hydrogens is 162 g/mol. The third kappa shape index (κ3) is 4.68. The maximum absolute atomic E-state index is 10.8. The van der Waals surface area contributed by atoms with Gasteiger partial charge in [-0.05, 0) is 12.5 Å². The molecule has 5 heteroatoms. The summed E-state index contributed by atoms with van der Waals surface area (Å²) in [6.07, 6.45) is -0.852. The average molecular weight is 175 g/mol. The highest BCUT2D eigenvalue weighted by molar-refractivity contribution is 5.81. The van der Waals surface area contributed by atoms with E-state index >= 15 is 0 Å². The largest absolute Gasteiger partial charge is 0.515 e. The summed E-state index contributed by atoms with van der Waals surface area (Å²) >= 11 is 0. The van der Waals surface area contributed by atoms with Crippen molar-refractivity contribution in [3.05, 3.63) is 0 Å². The minimum Gasteiger partial charge on any atom is -0.437 e. The summed E-state index contributed by atoms with van der Waals surface area (Å²) in [6, 6.07) is 0. The predicted molar refractivity (Wildman–Crippen MR) is 41.3 cm³/mol. The number of ether oxygens (including phenoxy) is 2. The topological polar surface area (TPSA) is 78.6 Å². The normalized spacial score (nSPS) is 11.9. The number of rotatable bonds is 3. The molecule has 5 nitrogen and oxygen atoms in total. The molecule has 0 aliphatic heterocycles. The number of hydrogen-bond donors (Lipinski definition) is 1. The van der Waals surface area contributed by atoms with Gasteiger partial charge in [-0.25, -0.2) is 4.79 Å². The van der Waals surface area contributed by atoms with Crippen molar-refractivity contribution >= 4 is 12.1 Å². The Morgan fingerprint density at radius 2 is 2.08 bits per heavy atom. The first-order valence-corrected chi connectivity index (χ1v) is 3.58. The average Bonchev–Trinajstić information content (AvgIpc) is 2.03. The van der Waals surface area contributed by atoms with E-state index in [4.69, 9.17) is 5.73 Å². The number of hydrogen-bond acceptors (Lipinski definition) is 5. The number of nitrogens with two attached hydrogens (primary N) is 1. The first-order valence-electron chi connectivity index (χ1n) is 3.58. The third-order valence-electron chi connectivity index (χ3n) is 1.28. The van der Waals surface area contributed by atoms with Crippen LogP contribution in [0.1, 0.15) is 13.3 Å². The fourth-order valence-corrected chi connectivity index (χ4v) is 0.544. The molecule has 0 heterocycles. The fraction of sp³-hybridized carbons (Fsp3) is 0.714. The minimum atomic E-state index is -0.982. The van der Waals surface area contributed by atoms with Crippen molar-refractivity contribution in [3.63, 3.8) is 0 Å². The van der Waals surface area contributed by atoms with Gasteiger partial charge in [-0.1, -0.05) is 6.92 Å². The second kappa shape index (κ2) is 5.54. The van der Waals surface area contributed by atoms with Gasteiger partial charge in [-0.15, -0.1) is 0 Å². The van der Waals surface area contributed by atoms with Gasteiger partial charge in [-0.3, -0.25) is 4.79 Å². The highest BCUT2D eigenvalue weighted by atomic mass is 16.7. The van der Waals surface area contributed by atoms with E-state index in [-0.39, 0.29) is 12.3 Å². The van der Waals surface area contributed by atoms with Gasteiger partial charge < -0.3 is 15.2 Å². The first-order chi connectivity index (χ1) is 5.60. The predicted octanol–water partition coefficient (Wildman–Crippen LogP) is 0.281. The molecule has 0 amide bonds. The Morgan fingerprint density at radius 3 is 2.50 bits per heavy atom. The van der Waals surface area contributed by atoms with Crippen LogP contribution in [0.3, 0.4) is 0 Å². The van der Waals surface area contributed by atoms with Crippen LogP contribution in [0.2, 0.25) is 0 Å². The summed E-state index contributed by atoms with van der Waals surface area (Å²) in [4.78, 5) is 21.2. The lowest BCUT2D eigenvalue weighted by Crippen LogP contribution is -2.19. The van der Waals surface area contributed by atoms with Gasteiger partial charge in [0.25, 0.3) is 0 Å². The smallest absolute Gasteiger partial charge is 0.437 e. The molecule has 0 aromatic carbocycles. The highest BCUT2D eigenvalue weighted by Crippen LogP contribution is 2.01. The standard InChI is InChI=1S/C7H13NO4/c1-5(4-8)3-6(9)12-7(10)11-2/h5H,3-4,8H2,1-2H3/t5-/m0/s1. The Morgan fingerprint density at radius 1 is 1.50 bits per heavy atom. The molecule has 0 spiro atoms. The minimum absolute atomic E-state index is 0.0159. The quantitative estimate of drug-likeness (QED) is 0.492. The van der Waals surface area contributed by atoms with E-state index in [1.165, 1.54) is 0 Å². The van der Waals surface area contributed by atoms with Gasteiger partial charge in [0.15, 0.2) is 0 Å². The van der Waals surface area contributed by atoms with E-state index in [0.29, 0.717) is 6.54 Å². The second-order valence-electron chi connectivity index (χ2n) is 2.47. The van der Waals surface area contributed by atoms with Gasteiger partial charge in [0.2, 0.25) is 0 Å². The Hall–Kier alpha value is -1.10. The molecule has 0 saturated carbocycles. The zero-order chi connectivity index (χ0) is 9.56. The van der Waals surface area contributed by atoms with Crippen molar-refractivity contribution in [1.82, 2.24) is 0 Å². The molecule has 12 heavy (non-hydrogen) atoms. The molecule has 1 atom stereocenters. The molecule has 0 aromatic heterocycles. The van der Waals surface area contributed by atoms with Crippen LogP contribution < -0.4 is 5.73 Å². The van der Waals surface area contributed by atoms with Gasteiger partial charge in [0.1, 0.15) is 0 Å².